The molecule has 0 spiro atoms. The number of carbonyl (C=O) groups excluding carboxylic acids is 2. The van der Waals surface area contributed by atoms with Crippen molar-refractivity contribution in [2.45, 2.75) is 6.61 Å². The molecule has 0 saturated carbocycles. The number of methoxy groups -OCH3 is 1. The van der Waals surface area contributed by atoms with E-state index in [0.29, 0.717) is 37.6 Å². The third-order valence-electron chi connectivity index (χ3n) is 3.59. The molecule has 132 valence electrons. The fraction of sp³-hybridized carbons (Fsp3) is 0.375. The lowest BCUT2D eigenvalue weighted by molar-refractivity contribution is 0.0272. The Bertz CT molecular complexity index is 737. The van der Waals surface area contributed by atoms with Crippen LogP contribution in [0.3, 0.4) is 0 Å². The minimum Gasteiger partial charge on any atom is -0.485 e. The summed E-state index contributed by atoms with van der Waals surface area (Å²) in [6, 6.07) is 6.44. The molecule has 2 aromatic rings. The number of aromatic nitrogens is 2. The Morgan fingerprint density at radius 2 is 1.92 bits per heavy atom. The van der Waals surface area contributed by atoms with Crippen molar-refractivity contribution in [3.8, 4) is 5.75 Å². The number of ether oxygens (including phenoxy) is 3. The molecule has 0 aliphatic carbocycles. The minimum absolute atomic E-state index is 0.0391. The molecule has 0 bridgehead atoms. The highest BCUT2D eigenvalue weighted by Crippen LogP contribution is 2.14. The van der Waals surface area contributed by atoms with Gasteiger partial charge >= 0.3 is 17.8 Å². The summed E-state index contributed by atoms with van der Waals surface area (Å²) >= 11 is 0. The van der Waals surface area contributed by atoms with Gasteiger partial charge in [-0.05, 0) is 24.3 Å². The molecular formula is C16H17N3O6. The van der Waals surface area contributed by atoms with E-state index in [1.54, 1.807) is 29.2 Å². The van der Waals surface area contributed by atoms with Gasteiger partial charge in [-0.3, -0.25) is 4.79 Å². The van der Waals surface area contributed by atoms with Gasteiger partial charge in [-0.2, -0.15) is 4.98 Å². The smallest absolute Gasteiger partial charge is 0.337 e. The van der Waals surface area contributed by atoms with Crippen LogP contribution in [-0.2, 0) is 16.1 Å². The second-order valence-electron chi connectivity index (χ2n) is 5.22. The summed E-state index contributed by atoms with van der Waals surface area (Å²) in [5.41, 5.74) is 0.424. The zero-order valence-electron chi connectivity index (χ0n) is 13.6. The van der Waals surface area contributed by atoms with Crippen molar-refractivity contribution >= 4 is 11.9 Å². The summed E-state index contributed by atoms with van der Waals surface area (Å²) in [6.45, 7) is 2.03. The maximum Gasteiger partial charge on any atom is 0.337 e. The number of rotatable bonds is 5. The van der Waals surface area contributed by atoms with Crippen molar-refractivity contribution in [3.63, 3.8) is 0 Å². The van der Waals surface area contributed by atoms with Gasteiger partial charge in [-0.15, -0.1) is 0 Å². The second-order valence-corrected chi connectivity index (χ2v) is 5.22. The van der Waals surface area contributed by atoms with Gasteiger partial charge in [-0.1, -0.05) is 5.16 Å². The number of morpholine rings is 1. The van der Waals surface area contributed by atoms with Gasteiger partial charge in [0.15, 0.2) is 6.61 Å². The number of nitrogens with zero attached hydrogens (tertiary/aromatic N) is 3. The van der Waals surface area contributed by atoms with Gasteiger partial charge in [0.2, 0.25) is 5.82 Å². The molecule has 25 heavy (non-hydrogen) atoms. The molecule has 2 heterocycles. The summed E-state index contributed by atoms with van der Waals surface area (Å²) in [5, 5.41) is 3.74. The van der Waals surface area contributed by atoms with Gasteiger partial charge in [-0.25, -0.2) is 4.79 Å². The lowest BCUT2D eigenvalue weighted by Crippen LogP contribution is -2.40. The molecule has 9 heteroatoms. The molecule has 1 fully saturated rings. The van der Waals surface area contributed by atoms with E-state index in [1.165, 1.54) is 7.11 Å². The van der Waals surface area contributed by atoms with E-state index in [-0.39, 0.29) is 24.2 Å². The van der Waals surface area contributed by atoms with Crippen LogP contribution in [0.5, 0.6) is 5.75 Å². The average molecular weight is 347 g/mol. The molecule has 1 aromatic carbocycles. The molecule has 9 nitrogen and oxygen atoms in total. The number of benzene rings is 1. The summed E-state index contributed by atoms with van der Waals surface area (Å²) in [6.07, 6.45) is 0. The van der Waals surface area contributed by atoms with Crippen LogP contribution in [0, 0.1) is 0 Å². The van der Waals surface area contributed by atoms with Crippen molar-refractivity contribution in [2.75, 3.05) is 33.4 Å². The quantitative estimate of drug-likeness (QED) is 0.735. The highest BCUT2D eigenvalue weighted by atomic mass is 16.5. The highest BCUT2D eigenvalue weighted by Gasteiger charge is 2.24. The number of esters is 1. The van der Waals surface area contributed by atoms with E-state index in [1.807, 2.05) is 0 Å². The van der Waals surface area contributed by atoms with Gasteiger partial charge in [0.05, 0.1) is 25.9 Å². The summed E-state index contributed by atoms with van der Waals surface area (Å²) in [5.74, 6) is -0.0193. The van der Waals surface area contributed by atoms with Crippen LogP contribution in [0.2, 0.25) is 0 Å². The monoisotopic (exact) mass is 347 g/mol. The van der Waals surface area contributed by atoms with E-state index >= 15 is 0 Å². The van der Waals surface area contributed by atoms with E-state index in [9.17, 15) is 9.59 Å². The molecule has 3 rings (SSSR count). The Labute approximate surface area is 143 Å². The van der Waals surface area contributed by atoms with Crippen LogP contribution in [-0.4, -0.2) is 60.3 Å². The first-order chi connectivity index (χ1) is 12.2. The predicted molar refractivity (Wildman–Crippen MR) is 83.1 cm³/mol. The summed E-state index contributed by atoms with van der Waals surface area (Å²) in [4.78, 5) is 29.2. The van der Waals surface area contributed by atoms with E-state index < -0.39 is 5.97 Å². The van der Waals surface area contributed by atoms with Gasteiger partial charge < -0.3 is 23.6 Å². The van der Waals surface area contributed by atoms with Crippen LogP contribution < -0.4 is 4.74 Å². The van der Waals surface area contributed by atoms with Crippen molar-refractivity contribution < 1.29 is 28.3 Å². The minimum atomic E-state index is -0.420. The van der Waals surface area contributed by atoms with E-state index in [4.69, 9.17) is 14.0 Å². The Balaban J connectivity index is 1.56. The van der Waals surface area contributed by atoms with Crippen LogP contribution in [0.25, 0.3) is 0 Å². The standard InChI is InChI=1S/C16H17N3O6/c1-22-16(21)11-2-4-12(5-3-11)24-10-13-17-14(25-18-13)15(20)19-6-8-23-9-7-19/h2-5H,6-10H2,1H3. The molecule has 1 aliphatic heterocycles. The molecule has 0 atom stereocenters. The Morgan fingerprint density at radius 3 is 2.60 bits per heavy atom. The van der Waals surface area contributed by atoms with Gasteiger partial charge in [0.1, 0.15) is 5.75 Å². The molecule has 0 unspecified atom stereocenters. The van der Waals surface area contributed by atoms with Crippen LogP contribution in [0.1, 0.15) is 26.9 Å². The summed E-state index contributed by atoms with van der Waals surface area (Å²) in [7, 11) is 1.32. The fourth-order valence-corrected chi connectivity index (χ4v) is 2.25. The average Bonchev–Trinajstić information content (AvgIpc) is 3.15. The molecular weight excluding hydrogens is 330 g/mol. The molecule has 1 amide bonds. The van der Waals surface area contributed by atoms with Crippen molar-refractivity contribution in [3.05, 3.63) is 41.5 Å². The molecule has 1 aromatic heterocycles. The fourth-order valence-electron chi connectivity index (χ4n) is 2.25. The first kappa shape index (κ1) is 16.9. The Morgan fingerprint density at radius 1 is 1.20 bits per heavy atom. The number of carbonyl (C=O) groups is 2. The van der Waals surface area contributed by atoms with Crippen LogP contribution in [0.15, 0.2) is 28.8 Å². The number of amides is 1. The van der Waals surface area contributed by atoms with Crippen molar-refractivity contribution in [1.82, 2.24) is 15.0 Å². The number of hydrogen-bond acceptors (Lipinski definition) is 8. The maximum absolute atomic E-state index is 12.2. The first-order valence-corrected chi connectivity index (χ1v) is 7.68. The maximum atomic E-state index is 12.2. The Hall–Kier alpha value is -2.94. The summed E-state index contributed by atoms with van der Waals surface area (Å²) < 4.78 is 20.3. The van der Waals surface area contributed by atoms with Crippen LogP contribution in [0.4, 0.5) is 0 Å². The largest absolute Gasteiger partial charge is 0.485 e. The zero-order valence-corrected chi connectivity index (χ0v) is 13.6. The lowest BCUT2D eigenvalue weighted by Gasteiger charge is -2.25. The lowest BCUT2D eigenvalue weighted by atomic mass is 10.2. The highest BCUT2D eigenvalue weighted by molar-refractivity contribution is 5.89. The third kappa shape index (κ3) is 4.13. The topological polar surface area (TPSA) is 104 Å². The molecule has 1 aliphatic rings. The van der Waals surface area contributed by atoms with E-state index in [2.05, 4.69) is 14.9 Å². The SMILES string of the molecule is COC(=O)c1ccc(OCc2noc(C(=O)N3CCOCC3)n2)cc1. The Kier molecular flexibility index (Phi) is 5.24. The zero-order chi connectivity index (χ0) is 17.6. The predicted octanol–water partition coefficient (Wildman–Crippen LogP) is 0.908. The van der Waals surface area contributed by atoms with Gasteiger partial charge in [0.25, 0.3) is 0 Å². The number of hydrogen-bond donors (Lipinski definition) is 0. The molecule has 0 N–H and O–H groups in total. The molecule has 1 saturated heterocycles. The second kappa shape index (κ2) is 7.75. The van der Waals surface area contributed by atoms with Crippen LogP contribution >= 0.6 is 0 Å². The van der Waals surface area contributed by atoms with E-state index in [0.717, 1.165) is 0 Å². The van der Waals surface area contributed by atoms with Crippen molar-refractivity contribution in [2.24, 2.45) is 0 Å². The molecule has 0 radical (unpaired) electrons. The first-order valence-electron chi connectivity index (χ1n) is 7.68. The van der Waals surface area contributed by atoms with Crippen molar-refractivity contribution in [1.29, 1.82) is 0 Å². The third-order valence-corrected chi connectivity index (χ3v) is 3.59. The van der Waals surface area contributed by atoms with Gasteiger partial charge in [0, 0.05) is 13.1 Å². The normalized spacial score (nSPS) is 14.2.